The van der Waals surface area contributed by atoms with Gasteiger partial charge in [-0.25, -0.2) is 4.79 Å². The predicted octanol–water partition coefficient (Wildman–Crippen LogP) is 3.07. The van der Waals surface area contributed by atoms with Crippen LogP contribution in [0.15, 0.2) is 48.5 Å². The van der Waals surface area contributed by atoms with E-state index in [0.29, 0.717) is 0 Å². The van der Waals surface area contributed by atoms with Crippen molar-refractivity contribution < 1.29 is 9.90 Å². The number of hydrogen-bond acceptors (Lipinski definition) is 3. The van der Waals surface area contributed by atoms with Gasteiger partial charge in [0, 0.05) is 37.6 Å². The predicted molar refractivity (Wildman–Crippen MR) is 96.2 cm³/mol. The minimum atomic E-state index is -0.225. The highest BCUT2D eigenvalue weighted by Crippen LogP contribution is 2.26. The molecule has 0 aliphatic carbocycles. The normalized spacial score (nSPS) is 14.0. The lowest BCUT2D eigenvalue weighted by Gasteiger charge is -2.29. The van der Waals surface area contributed by atoms with Crippen LogP contribution in [0.1, 0.15) is 17.5 Å². The lowest BCUT2D eigenvalue weighted by atomic mass is 9.97. The monoisotopic (exact) mass is 325 g/mol. The van der Waals surface area contributed by atoms with Crippen LogP contribution in [-0.4, -0.2) is 35.7 Å². The fourth-order valence-corrected chi connectivity index (χ4v) is 3.08. The maximum atomic E-state index is 12.2. The van der Waals surface area contributed by atoms with E-state index in [4.69, 9.17) is 5.11 Å². The average Bonchev–Trinajstić information content (AvgIpc) is 2.61. The van der Waals surface area contributed by atoms with Gasteiger partial charge >= 0.3 is 6.03 Å². The number of fused-ring (bicyclic) bond motifs is 1. The number of amides is 2. The summed E-state index contributed by atoms with van der Waals surface area (Å²) in [5.41, 5.74) is 4.11. The molecule has 0 saturated carbocycles. The van der Waals surface area contributed by atoms with Crippen LogP contribution in [-0.2, 0) is 13.0 Å². The zero-order valence-corrected chi connectivity index (χ0v) is 13.7. The standard InChI is InChI=1S/C19H23N3O2/c23-13-5-11-22-12-10-17-15(14-22)6-4-9-18(17)21-19(24)20-16-7-2-1-3-8-16/h1-4,6-9,23H,5,10-14H2,(H2,20,21,24). The summed E-state index contributed by atoms with van der Waals surface area (Å²) in [6, 6.07) is 15.2. The summed E-state index contributed by atoms with van der Waals surface area (Å²) in [5.74, 6) is 0. The minimum absolute atomic E-state index is 0.225. The van der Waals surface area contributed by atoms with Gasteiger partial charge in [-0.2, -0.15) is 0 Å². The van der Waals surface area contributed by atoms with Crippen LogP contribution < -0.4 is 10.6 Å². The molecular formula is C19H23N3O2. The Balaban J connectivity index is 1.66. The molecule has 0 fully saturated rings. The molecule has 2 aromatic rings. The Bertz CT molecular complexity index is 688. The van der Waals surface area contributed by atoms with Crippen molar-refractivity contribution in [3.63, 3.8) is 0 Å². The lowest BCUT2D eigenvalue weighted by molar-refractivity contribution is 0.212. The van der Waals surface area contributed by atoms with Crippen LogP contribution in [0.4, 0.5) is 16.2 Å². The smallest absolute Gasteiger partial charge is 0.323 e. The summed E-state index contributed by atoms with van der Waals surface area (Å²) in [7, 11) is 0. The van der Waals surface area contributed by atoms with Gasteiger partial charge in [0.2, 0.25) is 0 Å². The Labute approximate surface area is 142 Å². The number of aliphatic hydroxyl groups is 1. The number of para-hydroxylation sites is 1. The second-order valence-electron chi connectivity index (χ2n) is 5.99. The number of benzene rings is 2. The van der Waals surface area contributed by atoms with Gasteiger partial charge in [0.25, 0.3) is 0 Å². The maximum Gasteiger partial charge on any atom is 0.323 e. The van der Waals surface area contributed by atoms with Crippen molar-refractivity contribution in [3.8, 4) is 0 Å². The minimum Gasteiger partial charge on any atom is -0.396 e. The Kier molecular flexibility index (Phi) is 5.46. The van der Waals surface area contributed by atoms with Gasteiger partial charge in [0.15, 0.2) is 0 Å². The van der Waals surface area contributed by atoms with E-state index in [2.05, 4.69) is 21.6 Å². The molecule has 24 heavy (non-hydrogen) atoms. The summed E-state index contributed by atoms with van der Waals surface area (Å²) in [4.78, 5) is 14.6. The molecule has 1 heterocycles. The summed E-state index contributed by atoms with van der Waals surface area (Å²) in [6.07, 6.45) is 1.70. The number of carbonyl (C=O) groups excluding carboxylic acids is 1. The third-order valence-electron chi connectivity index (χ3n) is 4.26. The van der Waals surface area contributed by atoms with Crippen LogP contribution >= 0.6 is 0 Å². The van der Waals surface area contributed by atoms with E-state index in [1.54, 1.807) is 0 Å². The van der Waals surface area contributed by atoms with Crippen molar-refractivity contribution in [2.75, 3.05) is 30.3 Å². The van der Waals surface area contributed by atoms with E-state index in [9.17, 15) is 4.79 Å². The van der Waals surface area contributed by atoms with E-state index in [-0.39, 0.29) is 12.6 Å². The molecule has 2 amide bonds. The Morgan fingerprint density at radius 2 is 1.92 bits per heavy atom. The van der Waals surface area contributed by atoms with Crippen LogP contribution in [0.2, 0.25) is 0 Å². The van der Waals surface area contributed by atoms with Crippen LogP contribution in [0, 0.1) is 0 Å². The molecule has 0 saturated heterocycles. The summed E-state index contributed by atoms with van der Waals surface area (Å²) in [5, 5.41) is 14.8. The molecule has 5 heteroatoms. The Morgan fingerprint density at radius 1 is 1.08 bits per heavy atom. The molecule has 5 nitrogen and oxygen atoms in total. The van der Waals surface area contributed by atoms with Gasteiger partial charge < -0.3 is 15.7 Å². The van der Waals surface area contributed by atoms with Gasteiger partial charge in [-0.05, 0) is 42.2 Å². The summed E-state index contributed by atoms with van der Waals surface area (Å²) in [6.45, 7) is 2.95. The Morgan fingerprint density at radius 3 is 2.71 bits per heavy atom. The van der Waals surface area contributed by atoms with E-state index in [1.807, 2.05) is 42.5 Å². The molecule has 1 aliphatic heterocycles. The first-order valence-corrected chi connectivity index (χ1v) is 8.33. The van der Waals surface area contributed by atoms with E-state index < -0.39 is 0 Å². The van der Waals surface area contributed by atoms with Crippen molar-refractivity contribution >= 4 is 17.4 Å². The second-order valence-corrected chi connectivity index (χ2v) is 5.99. The highest BCUT2D eigenvalue weighted by molar-refractivity contribution is 6.00. The number of nitrogens with zero attached hydrogens (tertiary/aromatic N) is 1. The molecule has 0 radical (unpaired) electrons. The van der Waals surface area contributed by atoms with E-state index in [0.717, 1.165) is 43.9 Å². The number of hydrogen-bond donors (Lipinski definition) is 3. The van der Waals surface area contributed by atoms with Gasteiger partial charge in [-0.3, -0.25) is 4.90 Å². The second kappa shape index (κ2) is 7.95. The topological polar surface area (TPSA) is 64.6 Å². The van der Waals surface area contributed by atoms with Gasteiger partial charge in [0.05, 0.1) is 0 Å². The summed E-state index contributed by atoms with van der Waals surface area (Å²) < 4.78 is 0. The van der Waals surface area contributed by atoms with Crippen molar-refractivity contribution in [3.05, 3.63) is 59.7 Å². The summed E-state index contributed by atoms with van der Waals surface area (Å²) >= 11 is 0. The van der Waals surface area contributed by atoms with Crippen molar-refractivity contribution in [2.24, 2.45) is 0 Å². The van der Waals surface area contributed by atoms with Gasteiger partial charge in [0.1, 0.15) is 0 Å². The highest BCUT2D eigenvalue weighted by Gasteiger charge is 2.19. The molecule has 0 spiro atoms. The third kappa shape index (κ3) is 4.13. The fraction of sp³-hybridized carbons (Fsp3) is 0.316. The number of anilines is 2. The fourth-order valence-electron chi connectivity index (χ4n) is 3.08. The molecular weight excluding hydrogens is 302 g/mol. The molecule has 126 valence electrons. The molecule has 0 bridgehead atoms. The van der Waals surface area contributed by atoms with Crippen LogP contribution in [0.3, 0.4) is 0 Å². The van der Waals surface area contributed by atoms with Gasteiger partial charge in [-0.1, -0.05) is 30.3 Å². The SMILES string of the molecule is O=C(Nc1ccccc1)Nc1cccc2c1CCN(CCCO)C2. The molecule has 2 aromatic carbocycles. The zero-order chi connectivity index (χ0) is 16.8. The number of rotatable bonds is 5. The molecule has 3 N–H and O–H groups in total. The first kappa shape index (κ1) is 16.5. The third-order valence-corrected chi connectivity index (χ3v) is 4.26. The van der Waals surface area contributed by atoms with Crippen LogP contribution in [0.25, 0.3) is 0 Å². The largest absolute Gasteiger partial charge is 0.396 e. The first-order valence-electron chi connectivity index (χ1n) is 8.33. The average molecular weight is 325 g/mol. The molecule has 1 aliphatic rings. The zero-order valence-electron chi connectivity index (χ0n) is 13.7. The van der Waals surface area contributed by atoms with Crippen LogP contribution in [0.5, 0.6) is 0 Å². The Hall–Kier alpha value is -2.37. The van der Waals surface area contributed by atoms with Crippen molar-refractivity contribution in [1.29, 1.82) is 0 Å². The van der Waals surface area contributed by atoms with E-state index >= 15 is 0 Å². The number of urea groups is 1. The number of carbonyl (C=O) groups is 1. The van der Waals surface area contributed by atoms with E-state index in [1.165, 1.54) is 11.1 Å². The van der Waals surface area contributed by atoms with Gasteiger partial charge in [-0.15, -0.1) is 0 Å². The molecule has 3 rings (SSSR count). The number of nitrogens with one attached hydrogen (secondary N) is 2. The molecule has 0 atom stereocenters. The molecule has 0 unspecified atom stereocenters. The lowest BCUT2D eigenvalue weighted by Crippen LogP contribution is -2.32. The first-order chi connectivity index (χ1) is 11.8. The number of aliphatic hydroxyl groups excluding tert-OH is 1. The van der Waals surface area contributed by atoms with Crippen molar-refractivity contribution in [2.45, 2.75) is 19.4 Å². The molecule has 0 aromatic heterocycles. The maximum absolute atomic E-state index is 12.2. The van der Waals surface area contributed by atoms with Crippen molar-refractivity contribution in [1.82, 2.24) is 4.90 Å². The highest BCUT2D eigenvalue weighted by atomic mass is 16.3. The quantitative estimate of drug-likeness (QED) is 0.791.